The molecule has 2 heterocycles. The molecule has 0 unspecified atom stereocenters. The number of carbonyl (C=O) groups excluding carboxylic acids is 1. The molecule has 27 heavy (non-hydrogen) atoms. The van der Waals surface area contributed by atoms with E-state index in [9.17, 15) is 18.0 Å². The number of alkyl halides is 3. The lowest BCUT2D eigenvalue weighted by molar-refractivity contribution is -0.154. The van der Waals surface area contributed by atoms with Crippen LogP contribution in [0.15, 0.2) is 48.7 Å². The van der Waals surface area contributed by atoms with Crippen LogP contribution in [0.1, 0.15) is 21.8 Å². The minimum atomic E-state index is -4.51. The first-order valence-electron chi connectivity index (χ1n) is 8.58. The summed E-state index contributed by atoms with van der Waals surface area (Å²) < 4.78 is 42.1. The molecule has 2 atom stereocenters. The van der Waals surface area contributed by atoms with Crippen molar-refractivity contribution in [1.82, 2.24) is 9.88 Å². The lowest BCUT2D eigenvalue weighted by Gasteiger charge is -2.18. The number of ether oxygens (including phenoxy) is 1. The molecule has 0 bridgehead atoms. The molecule has 1 amide bonds. The van der Waals surface area contributed by atoms with Gasteiger partial charge in [0.15, 0.2) is 6.61 Å². The van der Waals surface area contributed by atoms with Crippen molar-refractivity contribution in [2.75, 3.05) is 26.2 Å². The standard InChI is InChI=1S/C19H20F3N3O2/c20-19(21,22)12-27-17-15(7-4-8-24-17)18(26)25-10-14(9-23)16(11-25)13-5-2-1-3-6-13/h1-8,14,16H,9-12,23H2/t14-,16+/m1/s1. The van der Waals surface area contributed by atoms with Crippen LogP contribution >= 0.6 is 0 Å². The van der Waals surface area contributed by atoms with E-state index in [-0.39, 0.29) is 23.3 Å². The average molecular weight is 379 g/mol. The van der Waals surface area contributed by atoms with E-state index < -0.39 is 18.7 Å². The highest BCUT2D eigenvalue weighted by molar-refractivity contribution is 5.96. The number of rotatable bonds is 5. The van der Waals surface area contributed by atoms with E-state index in [4.69, 9.17) is 10.5 Å². The summed E-state index contributed by atoms with van der Waals surface area (Å²) in [5, 5.41) is 0. The highest BCUT2D eigenvalue weighted by Crippen LogP contribution is 2.33. The van der Waals surface area contributed by atoms with Crippen LogP contribution in [0.3, 0.4) is 0 Å². The molecular weight excluding hydrogens is 359 g/mol. The van der Waals surface area contributed by atoms with E-state index in [1.165, 1.54) is 18.3 Å². The molecular formula is C19H20F3N3O2. The lowest BCUT2D eigenvalue weighted by Crippen LogP contribution is -2.31. The second kappa shape index (κ2) is 7.96. The summed E-state index contributed by atoms with van der Waals surface area (Å²) in [5.41, 5.74) is 6.99. The van der Waals surface area contributed by atoms with Gasteiger partial charge < -0.3 is 15.4 Å². The van der Waals surface area contributed by atoms with Gasteiger partial charge in [0.2, 0.25) is 5.88 Å². The fraction of sp³-hybridized carbons (Fsp3) is 0.368. The molecule has 2 N–H and O–H groups in total. The molecule has 1 aliphatic rings. The van der Waals surface area contributed by atoms with Gasteiger partial charge in [0, 0.05) is 25.2 Å². The number of amides is 1. The Morgan fingerprint density at radius 2 is 1.93 bits per heavy atom. The number of aromatic nitrogens is 1. The number of hydrogen-bond donors (Lipinski definition) is 1. The molecule has 1 aromatic carbocycles. The lowest BCUT2D eigenvalue weighted by atomic mass is 9.89. The highest BCUT2D eigenvalue weighted by Gasteiger charge is 2.37. The molecule has 1 aromatic heterocycles. The first kappa shape index (κ1) is 19.2. The summed E-state index contributed by atoms with van der Waals surface area (Å²) in [6.07, 6.45) is -3.21. The zero-order valence-electron chi connectivity index (χ0n) is 14.5. The van der Waals surface area contributed by atoms with Crippen molar-refractivity contribution in [3.05, 3.63) is 59.8 Å². The SMILES string of the molecule is NC[C@@H]1CN(C(=O)c2cccnc2OCC(F)(F)F)C[C@H]1c1ccccc1. The first-order chi connectivity index (χ1) is 12.9. The normalized spacial score (nSPS) is 19.9. The number of carbonyl (C=O) groups is 1. The molecule has 0 aliphatic carbocycles. The monoisotopic (exact) mass is 379 g/mol. The van der Waals surface area contributed by atoms with E-state index in [2.05, 4.69) is 4.98 Å². The van der Waals surface area contributed by atoms with Crippen molar-refractivity contribution in [3.63, 3.8) is 0 Å². The summed E-state index contributed by atoms with van der Waals surface area (Å²) >= 11 is 0. The molecule has 8 heteroatoms. The summed E-state index contributed by atoms with van der Waals surface area (Å²) in [6, 6.07) is 12.7. The van der Waals surface area contributed by atoms with Gasteiger partial charge in [-0.05, 0) is 30.2 Å². The minimum Gasteiger partial charge on any atom is -0.467 e. The van der Waals surface area contributed by atoms with E-state index in [0.717, 1.165) is 5.56 Å². The number of nitrogens with two attached hydrogens (primary N) is 1. The van der Waals surface area contributed by atoms with Crippen molar-refractivity contribution < 1.29 is 22.7 Å². The van der Waals surface area contributed by atoms with E-state index in [1.54, 1.807) is 4.90 Å². The number of pyridine rings is 1. The largest absolute Gasteiger partial charge is 0.467 e. The maximum Gasteiger partial charge on any atom is 0.422 e. The first-order valence-corrected chi connectivity index (χ1v) is 8.58. The van der Waals surface area contributed by atoms with Crippen molar-refractivity contribution >= 4 is 5.91 Å². The molecule has 0 saturated carbocycles. The Labute approximate surface area is 154 Å². The molecule has 2 aromatic rings. The number of likely N-dealkylation sites (tertiary alicyclic amines) is 1. The predicted octanol–water partition coefficient (Wildman–Crippen LogP) is 2.84. The van der Waals surface area contributed by atoms with Gasteiger partial charge >= 0.3 is 6.18 Å². The number of halogens is 3. The van der Waals surface area contributed by atoms with Crippen molar-refractivity contribution in [1.29, 1.82) is 0 Å². The number of hydrogen-bond acceptors (Lipinski definition) is 4. The molecule has 0 radical (unpaired) electrons. The summed E-state index contributed by atoms with van der Waals surface area (Å²) in [6.45, 7) is -0.211. The Bertz CT molecular complexity index is 783. The second-order valence-corrected chi connectivity index (χ2v) is 6.48. The van der Waals surface area contributed by atoms with Crippen LogP contribution in [0.4, 0.5) is 13.2 Å². The Morgan fingerprint density at radius 3 is 2.59 bits per heavy atom. The van der Waals surface area contributed by atoms with Crippen molar-refractivity contribution in [2.45, 2.75) is 12.1 Å². The Hall–Kier alpha value is -2.61. The van der Waals surface area contributed by atoms with Crippen LogP contribution in [-0.4, -0.2) is 48.2 Å². The third-order valence-corrected chi connectivity index (χ3v) is 4.63. The third kappa shape index (κ3) is 4.57. The summed E-state index contributed by atoms with van der Waals surface area (Å²) in [7, 11) is 0. The molecule has 144 valence electrons. The zero-order valence-corrected chi connectivity index (χ0v) is 14.5. The van der Waals surface area contributed by atoms with Crippen LogP contribution < -0.4 is 10.5 Å². The van der Waals surface area contributed by atoms with Crippen LogP contribution in [0.25, 0.3) is 0 Å². The smallest absolute Gasteiger partial charge is 0.422 e. The molecule has 1 saturated heterocycles. The average Bonchev–Trinajstić information content (AvgIpc) is 3.10. The van der Waals surface area contributed by atoms with Crippen LogP contribution in [0.5, 0.6) is 5.88 Å². The van der Waals surface area contributed by atoms with Crippen LogP contribution in [0, 0.1) is 5.92 Å². The maximum absolute atomic E-state index is 12.9. The maximum atomic E-state index is 12.9. The van der Waals surface area contributed by atoms with Gasteiger partial charge in [0.05, 0.1) is 0 Å². The predicted molar refractivity (Wildman–Crippen MR) is 93.4 cm³/mol. The van der Waals surface area contributed by atoms with E-state index in [1.807, 2.05) is 30.3 Å². The highest BCUT2D eigenvalue weighted by atomic mass is 19.4. The van der Waals surface area contributed by atoms with Crippen LogP contribution in [0.2, 0.25) is 0 Å². The fourth-order valence-corrected chi connectivity index (χ4v) is 3.34. The van der Waals surface area contributed by atoms with Crippen molar-refractivity contribution in [3.8, 4) is 5.88 Å². The quantitative estimate of drug-likeness (QED) is 0.868. The molecule has 0 spiro atoms. The molecule has 1 aliphatic heterocycles. The minimum absolute atomic E-state index is 0.0197. The molecule has 3 rings (SSSR count). The zero-order chi connectivity index (χ0) is 19.4. The van der Waals surface area contributed by atoms with E-state index >= 15 is 0 Å². The molecule has 5 nitrogen and oxygen atoms in total. The summed E-state index contributed by atoms with van der Waals surface area (Å²) in [4.78, 5) is 18.3. The Morgan fingerprint density at radius 1 is 1.19 bits per heavy atom. The second-order valence-electron chi connectivity index (χ2n) is 6.48. The van der Waals surface area contributed by atoms with Gasteiger partial charge in [-0.1, -0.05) is 30.3 Å². The van der Waals surface area contributed by atoms with E-state index in [0.29, 0.717) is 19.6 Å². The summed E-state index contributed by atoms with van der Waals surface area (Å²) in [5.74, 6) is -0.562. The Balaban J connectivity index is 1.78. The van der Waals surface area contributed by atoms with Crippen molar-refractivity contribution in [2.24, 2.45) is 11.7 Å². The molecule has 1 fully saturated rings. The number of nitrogens with zero attached hydrogens (tertiary/aromatic N) is 2. The number of benzene rings is 1. The van der Waals surface area contributed by atoms with Gasteiger partial charge in [0.25, 0.3) is 5.91 Å². The van der Waals surface area contributed by atoms with Gasteiger partial charge in [-0.25, -0.2) is 4.98 Å². The fourth-order valence-electron chi connectivity index (χ4n) is 3.34. The van der Waals surface area contributed by atoms with Gasteiger partial charge in [0.1, 0.15) is 5.56 Å². The van der Waals surface area contributed by atoms with Gasteiger partial charge in [-0.2, -0.15) is 13.2 Å². The van der Waals surface area contributed by atoms with Crippen LogP contribution in [-0.2, 0) is 0 Å². The third-order valence-electron chi connectivity index (χ3n) is 4.63. The van der Waals surface area contributed by atoms with Gasteiger partial charge in [-0.3, -0.25) is 4.79 Å². The Kier molecular flexibility index (Phi) is 5.65. The topological polar surface area (TPSA) is 68.5 Å². The van der Waals surface area contributed by atoms with Gasteiger partial charge in [-0.15, -0.1) is 0 Å².